The number of carboxylic acids is 1. The number of alkyl halides is 1. The molecule has 100 valence electrons. The summed E-state index contributed by atoms with van der Waals surface area (Å²) in [5, 5.41) is 8.66. The van der Waals surface area contributed by atoms with Crippen LogP contribution in [0.2, 0.25) is 0 Å². The summed E-state index contributed by atoms with van der Waals surface area (Å²) in [7, 11) is 0. The van der Waals surface area contributed by atoms with E-state index in [2.05, 4.69) is 0 Å². The van der Waals surface area contributed by atoms with Gasteiger partial charge in [-0.1, -0.05) is 13.8 Å². The van der Waals surface area contributed by atoms with E-state index in [1.54, 1.807) is 6.92 Å². The summed E-state index contributed by atoms with van der Waals surface area (Å²) in [5.74, 6) is -1.21. The predicted octanol–water partition coefficient (Wildman–Crippen LogP) is 2.23. The zero-order valence-corrected chi connectivity index (χ0v) is 10.6. The SMILES string of the molecule is CCCN(CC(=O)O)C(=O)CCCC(F)CC. The summed E-state index contributed by atoms with van der Waals surface area (Å²) in [4.78, 5) is 23.6. The van der Waals surface area contributed by atoms with Crippen molar-refractivity contribution >= 4 is 11.9 Å². The highest BCUT2D eigenvalue weighted by atomic mass is 19.1. The van der Waals surface area contributed by atoms with Gasteiger partial charge in [-0.3, -0.25) is 9.59 Å². The van der Waals surface area contributed by atoms with E-state index in [1.165, 1.54) is 4.90 Å². The molecule has 0 saturated carbocycles. The van der Waals surface area contributed by atoms with Gasteiger partial charge in [0.1, 0.15) is 6.54 Å². The van der Waals surface area contributed by atoms with Crippen LogP contribution < -0.4 is 0 Å². The molecule has 0 heterocycles. The number of carboxylic acid groups (broad SMARTS) is 1. The van der Waals surface area contributed by atoms with Gasteiger partial charge in [-0.2, -0.15) is 0 Å². The quantitative estimate of drug-likeness (QED) is 0.679. The fraction of sp³-hybridized carbons (Fsp3) is 0.833. The molecule has 0 aromatic carbocycles. The molecule has 17 heavy (non-hydrogen) atoms. The Kier molecular flexibility index (Phi) is 8.36. The van der Waals surface area contributed by atoms with Crippen molar-refractivity contribution in [3.63, 3.8) is 0 Å². The van der Waals surface area contributed by atoms with Gasteiger partial charge in [0, 0.05) is 13.0 Å². The standard InChI is InChI=1S/C12H22FNO3/c1-3-8-14(9-12(16)17)11(15)7-5-6-10(13)4-2/h10H,3-9H2,1-2H3,(H,16,17). The van der Waals surface area contributed by atoms with Gasteiger partial charge in [-0.25, -0.2) is 4.39 Å². The molecule has 0 aliphatic heterocycles. The second-order valence-electron chi connectivity index (χ2n) is 4.11. The minimum absolute atomic E-state index is 0.197. The third kappa shape index (κ3) is 7.71. The monoisotopic (exact) mass is 247 g/mol. The van der Waals surface area contributed by atoms with Crippen molar-refractivity contribution in [2.75, 3.05) is 13.1 Å². The average molecular weight is 247 g/mol. The molecule has 1 unspecified atom stereocenters. The van der Waals surface area contributed by atoms with Crippen molar-refractivity contribution in [2.24, 2.45) is 0 Å². The number of nitrogens with zero attached hydrogens (tertiary/aromatic N) is 1. The second kappa shape index (κ2) is 8.96. The van der Waals surface area contributed by atoms with Crippen molar-refractivity contribution in [1.82, 2.24) is 4.90 Å². The van der Waals surface area contributed by atoms with Crippen LogP contribution in [0, 0.1) is 0 Å². The smallest absolute Gasteiger partial charge is 0.323 e. The summed E-state index contributed by atoms with van der Waals surface area (Å²) in [5.41, 5.74) is 0. The van der Waals surface area contributed by atoms with Gasteiger partial charge in [0.15, 0.2) is 0 Å². The van der Waals surface area contributed by atoms with Crippen molar-refractivity contribution < 1.29 is 19.1 Å². The Morgan fingerprint density at radius 2 is 2.00 bits per heavy atom. The first-order valence-corrected chi connectivity index (χ1v) is 6.14. The minimum atomic E-state index is -1.01. The van der Waals surface area contributed by atoms with E-state index in [9.17, 15) is 14.0 Å². The molecule has 0 aromatic rings. The number of hydrogen-bond donors (Lipinski definition) is 1. The Balaban J connectivity index is 4.00. The van der Waals surface area contributed by atoms with Crippen LogP contribution in [0.5, 0.6) is 0 Å². The van der Waals surface area contributed by atoms with Crippen LogP contribution in [0.4, 0.5) is 4.39 Å². The van der Waals surface area contributed by atoms with E-state index in [-0.39, 0.29) is 18.9 Å². The van der Waals surface area contributed by atoms with Gasteiger partial charge in [-0.05, 0) is 25.7 Å². The van der Waals surface area contributed by atoms with Gasteiger partial charge in [0.2, 0.25) is 5.91 Å². The molecule has 0 aromatic heterocycles. The maximum atomic E-state index is 12.9. The van der Waals surface area contributed by atoms with Gasteiger partial charge in [-0.15, -0.1) is 0 Å². The molecule has 0 fully saturated rings. The molecule has 4 nitrogen and oxygen atoms in total. The maximum Gasteiger partial charge on any atom is 0.323 e. The molecule has 0 aliphatic carbocycles. The number of hydrogen-bond acceptors (Lipinski definition) is 2. The van der Waals surface area contributed by atoms with Gasteiger partial charge >= 0.3 is 5.97 Å². The lowest BCUT2D eigenvalue weighted by Crippen LogP contribution is -2.36. The Morgan fingerprint density at radius 1 is 1.35 bits per heavy atom. The molecule has 1 N–H and O–H groups in total. The van der Waals surface area contributed by atoms with Crippen LogP contribution in [0.3, 0.4) is 0 Å². The number of rotatable bonds is 9. The lowest BCUT2D eigenvalue weighted by Gasteiger charge is -2.20. The van der Waals surface area contributed by atoms with Crippen LogP contribution in [0.1, 0.15) is 46.0 Å². The first-order chi connectivity index (χ1) is 8.01. The van der Waals surface area contributed by atoms with Gasteiger partial charge in [0.25, 0.3) is 0 Å². The highest BCUT2D eigenvalue weighted by Gasteiger charge is 2.15. The molecular weight excluding hydrogens is 225 g/mol. The maximum absolute atomic E-state index is 12.9. The molecule has 0 radical (unpaired) electrons. The van der Waals surface area contributed by atoms with E-state index in [0.717, 1.165) is 6.42 Å². The molecular formula is C12H22FNO3. The summed E-state index contributed by atoms with van der Waals surface area (Å²) in [6.07, 6.45) is 1.40. The van der Waals surface area contributed by atoms with Gasteiger partial charge < -0.3 is 10.0 Å². The van der Waals surface area contributed by atoms with Crippen LogP contribution >= 0.6 is 0 Å². The highest BCUT2D eigenvalue weighted by Crippen LogP contribution is 2.09. The molecule has 0 bridgehead atoms. The Morgan fingerprint density at radius 3 is 2.47 bits per heavy atom. The Hall–Kier alpha value is -1.13. The minimum Gasteiger partial charge on any atom is -0.480 e. The molecule has 0 saturated heterocycles. The number of carbonyl (C=O) groups excluding carboxylic acids is 1. The van der Waals surface area contributed by atoms with E-state index in [1.807, 2.05) is 6.92 Å². The molecule has 0 spiro atoms. The average Bonchev–Trinajstić information content (AvgIpc) is 2.27. The van der Waals surface area contributed by atoms with Crippen LogP contribution in [0.15, 0.2) is 0 Å². The number of amides is 1. The van der Waals surface area contributed by atoms with Crippen molar-refractivity contribution in [3.8, 4) is 0 Å². The number of aliphatic carboxylic acids is 1. The van der Waals surface area contributed by atoms with Crippen LogP contribution in [-0.4, -0.2) is 41.1 Å². The Bertz CT molecular complexity index is 246. The molecule has 1 amide bonds. The number of carbonyl (C=O) groups is 2. The van der Waals surface area contributed by atoms with E-state index < -0.39 is 12.1 Å². The first-order valence-electron chi connectivity index (χ1n) is 6.14. The highest BCUT2D eigenvalue weighted by molar-refractivity contribution is 5.81. The molecule has 0 aliphatic rings. The molecule has 0 rings (SSSR count). The zero-order chi connectivity index (χ0) is 13.3. The third-order valence-corrected chi connectivity index (χ3v) is 2.52. The second-order valence-corrected chi connectivity index (χ2v) is 4.11. The number of halogens is 1. The Labute approximate surface area is 102 Å². The predicted molar refractivity (Wildman–Crippen MR) is 63.5 cm³/mol. The van der Waals surface area contributed by atoms with E-state index >= 15 is 0 Å². The molecule has 5 heteroatoms. The third-order valence-electron chi connectivity index (χ3n) is 2.52. The zero-order valence-electron chi connectivity index (χ0n) is 10.6. The van der Waals surface area contributed by atoms with Crippen molar-refractivity contribution in [3.05, 3.63) is 0 Å². The largest absolute Gasteiger partial charge is 0.480 e. The van der Waals surface area contributed by atoms with Crippen molar-refractivity contribution in [2.45, 2.75) is 52.1 Å². The lowest BCUT2D eigenvalue weighted by atomic mass is 10.1. The lowest BCUT2D eigenvalue weighted by molar-refractivity contribution is -0.144. The van der Waals surface area contributed by atoms with Gasteiger partial charge in [0.05, 0.1) is 6.17 Å². The first kappa shape index (κ1) is 15.9. The molecule has 1 atom stereocenters. The summed E-state index contributed by atoms with van der Waals surface area (Å²) in [6, 6.07) is 0. The fourth-order valence-corrected chi connectivity index (χ4v) is 1.56. The summed E-state index contributed by atoms with van der Waals surface area (Å²) in [6.45, 7) is 3.83. The topological polar surface area (TPSA) is 57.6 Å². The van der Waals surface area contributed by atoms with Crippen molar-refractivity contribution in [1.29, 1.82) is 0 Å². The summed E-state index contributed by atoms with van der Waals surface area (Å²) < 4.78 is 12.9. The van der Waals surface area contributed by atoms with E-state index in [4.69, 9.17) is 5.11 Å². The summed E-state index contributed by atoms with van der Waals surface area (Å²) >= 11 is 0. The fourth-order valence-electron chi connectivity index (χ4n) is 1.56. The normalized spacial score (nSPS) is 12.2. The van der Waals surface area contributed by atoms with Crippen LogP contribution in [-0.2, 0) is 9.59 Å². The van der Waals surface area contributed by atoms with E-state index in [0.29, 0.717) is 25.8 Å². The van der Waals surface area contributed by atoms with Crippen LogP contribution in [0.25, 0.3) is 0 Å².